The third kappa shape index (κ3) is 2.78. The average molecular weight is 294 g/mol. The minimum Gasteiger partial charge on any atom is -0.355 e. The molecular weight excluding hydrogens is 276 g/mol. The van der Waals surface area contributed by atoms with Gasteiger partial charge < -0.3 is 10.3 Å². The van der Waals surface area contributed by atoms with Crippen molar-refractivity contribution in [1.29, 1.82) is 0 Å². The molecule has 0 radical (unpaired) electrons. The van der Waals surface area contributed by atoms with Crippen LogP contribution in [0.25, 0.3) is 11.0 Å². The van der Waals surface area contributed by atoms with Crippen LogP contribution in [0.3, 0.4) is 0 Å². The fourth-order valence-corrected chi connectivity index (χ4v) is 3.46. The summed E-state index contributed by atoms with van der Waals surface area (Å²) >= 11 is 0. The van der Waals surface area contributed by atoms with Crippen molar-refractivity contribution in [2.75, 3.05) is 31.2 Å². The van der Waals surface area contributed by atoms with Crippen LogP contribution < -0.4 is 5.32 Å². The van der Waals surface area contributed by atoms with Gasteiger partial charge in [-0.2, -0.15) is 0 Å². The average Bonchev–Trinajstić information content (AvgIpc) is 3.02. The summed E-state index contributed by atoms with van der Waals surface area (Å²) in [6.07, 6.45) is 2.16. The first kappa shape index (κ1) is 13.4. The fraction of sp³-hybridized carbons (Fsp3) is 0.462. The van der Waals surface area contributed by atoms with Gasteiger partial charge in [0.15, 0.2) is 0 Å². The van der Waals surface area contributed by atoms with Gasteiger partial charge >= 0.3 is 0 Å². The van der Waals surface area contributed by atoms with Crippen LogP contribution in [0.2, 0.25) is 0 Å². The Bertz CT molecular complexity index is 677. The molecule has 0 spiro atoms. The monoisotopic (exact) mass is 294 g/mol. The Hall–Kier alpha value is -1.60. The van der Waals surface area contributed by atoms with Crippen molar-refractivity contribution in [3.8, 4) is 0 Å². The number of anilines is 1. The molecule has 0 amide bonds. The lowest BCUT2D eigenvalue weighted by atomic mass is 10.1. The third-order valence-corrected chi connectivity index (χ3v) is 4.93. The highest BCUT2D eigenvalue weighted by Gasteiger charge is 2.28. The predicted molar refractivity (Wildman–Crippen MR) is 79.1 cm³/mol. The first-order chi connectivity index (χ1) is 9.52. The van der Waals surface area contributed by atoms with Gasteiger partial charge in [-0.1, -0.05) is 12.1 Å². The number of fused-ring (bicyclic) bond motifs is 1. The zero-order valence-corrected chi connectivity index (χ0v) is 12.2. The number of rotatable bonds is 4. The molecule has 6 nitrogen and oxygen atoms in total. The van der Waals surface area contributed by atoms with E-state index in [0.717, 1.165) is 29.9 Å². The highest BCUT2D eigenvalue weighted by atomic mass is 32.2. The molecule has 2 heterocycles. The first-order valence-electron chi connectivity index (χ1n) is 6.66. The Morgan fingerprint density at radius 2 is 2.25 bits per heavy atom. The quantitative estimate of drug-likeness (QED) is 0.890. The van der Waals surface area contributed by atoms with Crippen molar-refractivity contribution in [1.82, 2.24) is 14.3 Å². The number of nitrogens with zero attached hydrogens (tertiary/aromatic N) is 2. The molecule has 20 heavy (non-hydrogen) atoms. The van der Waals surface area contributed by atoms with E-state index in [0.29, 0.717) is 19.0 Å². The number of aromatic nitrogens is 2. The second kappa shape index (κ2) is 5.06. The van der Waals surface area contributed by atoms with E-state index in [1.165, 1.54) is 10.6 Å². The summed E-state index contributed by atoms with van der Waals surface area (Å²) in [5.74, 6) is 1.07. The van der Waals surface area contributed by atoms with Crippen LogP contribution >= 0.6 is 0 Å². The van der Waals surface area contributed by atoms with Crippen LogP contribution in [0, 0.1) is 5.92 Å². The van der Waals surface area contributed by atoms with Crippen LogP contribution in [0.4, 0.5) is 5.95 Å². The maximum absolute atomic E-state index is 11.5. The predicted octanol–water partition coefficient (Wildman–Crippen LogP) is 1.26. The molecule has 2 N–H and O–H groups in total. The van der Waals surface area contributed by atoms with Gasteiger partial charge in [-0.05, 0) is 24.5 Å². The van der Waals surface area contributed by atoms with Gasteiger partial charge in [0, 0.05) is 19.6 Å². The number of benzene rings is 1. The Morgan fingerprint density at radius 1 is 1.45 bits per heavy atom. The molecule has 0 aliphatic carbocycles. The number of hydrogen-bond donors (Lipinski definition) is 2. The molecule has 7 heteroatoms. The normalized spacial score (nSPS) is 20.6. The van der Waals surface area contributed by atoms with Crippen molar-refractivity contribution < 1.29 is 8.42 Å². The van der Waals surface area contributed by atoms with E-state index in [1.807, 2.05) is 24.3 Å². The topological polar surface area (TPSA) is 78.1 Å². The smallest absolute Gasteiger partial charge is 0.211 e. The van der Waals surface area contributed by atoms with Crippen LogP contribution in [0.15, 0.2) is 24.3 Å². The van der Waals surface area contributed by atoms with E-state index < -0.39 is 10.0 Å². The van der Waals surface area contributed by atoms with E-state index in [2.05, 4.69) is 15.3 Å². The minimum atomic E-state index is -3.06. The molecule has 3 rings (SSSR count). The standard InChI is InChI=1S/C13H18N4O2S/c1-20(18,19)17-7-6-10(9-17)8-14-13-15-11-4-2-3-5-12(11)16-13/h2-5,10H,6-9H2,1H3,(H2,14,15,16). The van der Waals surface area contributed by atoms with E-state index in [9.17, 15) is 8.42 Å². The second-order valence-electron chi connectivity index (χ2n) is 5.26. The number of nitrogens with one attached hydrogen (secondary N) is 2. The van der Waals surface area contributed by atoms with Crippen molar-refractivity contribution in [3.05, 3.63) is 24.3 Å². The summed E-state index contributed by atoms with van der Waals surface area (Å²) in [5, 5.41) is 3.26. The highest BCUT2D eigenvalue weighted by Crippen LogP contribution is 2.20. The third-order valence-electron chi connectivity index (χ3n) is 3.67. The summed E-state index contributed by atoms with van der Waals surface area (Å²) in [6, 6.07) is 7.85. The molecule has 108 valence electrons. The molecule has 1 aromatic carbocycles. The molecule has 1 saturated heterocycles. The summed E-state index contributed by atoms with van der Waals surface area (Å²) in [4.78, 5) is 7.65. The first-order valence-corrected chi connectivity index (χ1v) is 8.51. The van der Waals surface area contributed by atoms with Crippen LogP contribution in [-0.4, -0.2) is 48.6 Å². The molecule has 1 aromatic heterocycles. The molecule has 1 aliphatic rings. The molecule has 1 unspecified atom stereocenters. The van der Waals surface area contributed by atoms with Gasteiger partial charge in [-0.25, -0.2) is 17.7 Å². The maximum atomic E-state index is 11.5. The summed E-state index contributed by atoms with van der Waals surface area (Å²) in [6.45, 7) is 1.93. The van der Waals surface area contributed by atoms with E-state index in [4.69, 9.17) is 0 Å². The molecular formula is C13H18N4O2S. The molecule has 1 fully saturated rings. The Balaban J connectivity index is 1.60. The largest absolute Gasteiger partial charge is 0.355 e. The van der Waals surface area contributed by atoms with Crippen LogP contribution in [0.1, 0.15) is 6.42 Å². The zero-order valence-electron chi connectivity index (χ0n) is 11.3. The molecule has 1 atom stereocenters. The van der Waals surface area contributed by atoms with E-state index in [1.54, 1.807) is 0 Å². The van der Waals surface area contributed by atoms with Crippen LogP contribution in [0.5, 0.6) is 0 Å². The number of para-hydroxylation sites is 2. The number of H-pyrrole nitrogens is 1. The highest BCUT2D eigenvalue weighted by molar-refractivity contribution is 7.88. The Morgan fingerprint density at radius 3 is 2.95 bits per heavy atom. The van der Waals surface area contributed by atoms with Gasteiger partial charge in [0.05, 0.1) is 17.3 Å². The van der Waals surface area contributed by atoms with Crippen LogP contribution in [-0.2, 0) is 10.0 Å². The molecule has 0 saturated carbocycles. The van der Waals surface area contributed by atoms with Crippen molar-refractivity contribution in [3.63, 3.8) is 0 Å². The van der Waals surface area contributed by atoms with Crippen molar-refractivity contribution in [2.45, 2.75) is 6.42 Å². The second-order valence-corrected chi connectivity index (χ2v) is 7.24. The summed E-state index contributed by atoms with van der Waals surface area (Å²) in [7, 11) is -3.06. The van der Waals surface area contributed by atoms with Crippen molar-refractivity contribution >= 4 is 27.0 Å². The maximum Gasteiger partial charge on any atom is 0.211 e. The Kier molecular flexibility index (Phi) is 3.39. The van der Waals surface area contributed by atoms with E-state index >= 15 is 0 Å². The molecule has 1 aliphatic heterocycles. The summed E-state index contributed by atoms with van der Waals surface area (Å²) < 4.78 is 24.5. The number of sulfonamides is 1. The number of hydrogen-bond acceptors (Lipinski definition) is 4. The lowest BCUT2D eigenvalue weighted by Crippen LogP contribution is -2.28. The lowest BCUT2D eigenvalue weighted by molar-refractivity contribution is 0.466. The van der Waals surface area contributed by atoms with E-state index in [-0.39, 0.29) is 0 Å². The molecule has 2 aromatic rings. The van der Waals surface area contributed by atoms with Gasteiger partial charge in [0.25, 0.3) is 0 Å². The van der Waals surface area contributed by atoms with Crippen molar-refractivity contribution in [2.24, 2.45) is 5.92 Å². The lowest BCUT2D eigenvalue weighted by Gasteiger charge is -2.13. The van der Waals surface area contributed by atoms with Gasteiger partial charge in [-0.15, -0.1) is 0 Å². The number of aromatic amines is 1. The number of imidazole rings is 1. The van der Waals surface area contributed by atoms with Gasteiger partial charge in [-0.3, -0.25) is 0 Å². The summed E-state index contributed by atoms with van der Waals surface area (Å²) in [5.41, 5.74) is 1.93. The SMILES string of the molecule is CS(=O)(=O)N1CCC(CNc2nc3ccccc3[nH]2)C1. The Labute approximate surface area is 118 Å². The minimum absolute atomic E-state index is 0.331. The molecule has 0 bridgehead atoms. The fourth-order valence-electron chi connectivity index (χ4n) is 2.54. The van der Waals surface area contributed by atoms with Gasteiger partial charge in [0.2, 0.25) is 16.0 Å². The zero-order chi connectivity index (χ0) is 14.2. The van der Waals surface area contributed by atoms with Gasteiger partial charge in [0.1, 0.15) is 0 Å².